The minimum atomic E-state index is -0.625. The molecule has 0 aromatic carbocycles. The maximum absolute atomic E-state index is 12.1. The Morgan fingerprint density at radius 3 is 2.83 bits per heavy atom. The molecule has 0 spiro atoms. The van der Waals surface area contributed by atoms with Gasteiger partial charge in [-0.1, -0.05) is 11.6 Å². The molecule has 2 amide bonds. The van der Waals surface area contributed by atoms with E-state index >= 15 is 0 Å². The van der Waals surface area contributed by atoms with Gasteiger partial charge in [0.15, 0.2) is 0 Å². The molecule has 1 atom stereocenters. The Kier molecular flexibility index (Phi) is 5.01. The normalized spacial score (nSPS) is 20.4. The second-order valence-corrected chi connectivity index (χ2v) is 6.50. The molecule has 1 aromatic rings. The van der Waals surface area contributed by atoms with E-state index in [-0.39, 0.29) is 17.9 Å². The van der Waals surface area contributed by atoms with E-state index in [2.05, 4.69) is 10.3 Å². The third kappa shape index (κ3) is 4.04. The molecule has 1 aliphatic heterocycles. The highest BCUT2D eigenvalue weighted by molar-refractivity contribution is 6.33. The largest absolute Gasteiger partial charge is 0.364 e. The fourth-order valence-electron chi connectivity index (χ4n) is 2.72. The van der Waals surface area contributed by atoms with Gasteiger partial charge in [0.25, 0.3) is 5.91 Å². The number of anilines is 1. The summed E-state index contributed by atoms with van der Waals surface area (Å²) >= 11 is 6.23. The number of carbonyl (C=O) groups excluding carboxylic acids is 2. The summed E-state index contributed by atoms with van der Waals surface area (Å²) in [7, 11) is 0. The van der Waals surface area contributed by atoms with Crippen LogP contribution in [0.5, 0.6) is 0 Å². The smallest absolute Gasteiger partial charge is 0.267 e. The zero-order valence-electron chi connectivity index (χ0n) is 13.0. The highest BCUT2D eigenvalue weighted by Gasteiger charge is 2.36. The van der Waals surface area contributed by atoms with Gasteiger partial charge in [-0.25, -0.2) is 10.5 Å². The molecule has 24 heavy (non-hydrogen) atoms. The van der Waals surface area contributed by atoms with Crippen LogP contribution in [0.1, 0.15) is 24.8 Å². The Hall–Kier alpha value is -2.12. The van der Waals surface area contributed by atoms with Gasteiger partial charge in [-0.15, -0.1) is 0 Å². The van der Waals surface area contributed by atoms with Crippen LogP contribution in [0.25, 0.3) is 6.08 Å². The van der Waals surface area contributed by atoms with Crippen molar-refractivity contribution in [2.45, 2.75) is 25.3 Å². The minimum Gasteiger partial charge on any atom is -0.364 e. The van der Waals surface area contributed by atoms with E-state index in [1.165, 1.54) is 17.6 Å². The lowest BCUT2D eigenvalue weighted by atomic mass is 10.2. The molecule has 8 heteroatoms. The Balaban J connectivity index is 1.58. The third-order valence-corrected chi connectivity index (χ3v) is 4.46. The fraction of sp³-hybridized carbons (Fsp3) is 0.438. The van der Waals surface area contributed by atoms with Crippen molar-refractivity contribution in [3.05, 3.63) is 28.9 Å². The first-order chi connectivity index (χ1) is 11.6. The predicted octanol–water partition coefficient (Wildman–Crippen LogP) is 1.68. The van der Waals surface area contributed by atoms with Gasteiger partial charge < -0.3 is 10.2 Å². The number of nitrogens with zero attached hydrogens (tertiary/aromatic N) is 2. The SMILES string of the molecule is O=C(C=Cc1cnc(N[C@@H]2CCN(C(=O)C3CC3)C2)c(Cl)c1)NO. The standard InChI is InChI=1S/C16H19ClN4O3/c17-13-7-10(1-4-14(22)20-24)8-18-15(13)19-12-5-6-21(9-12)16(23)11-2-3-11/h1,4,7-8,11-12,24H,2-3,5-6,9H2,(H,18,19)(H,20,22)/t12-/m1/s1. The highest BCUT2D eigenvalue weighted by Crippen LogP contribution is 2.32. The molecule has 1 aromatic heterocycles. The molecule has 2 heterocycles. The zero-order chi connectivity index (χ0) is 17.1. The lowest BCUT2D eigenvalue weighted by Gasteiger charge is -2.17. The van der Waals surface area contributed by atoms with Crippen molar-refractivity contribution >= 4 is 35.3 Å². The van der Waals surface area contributed by atoms with Gasteiger partial charge in [0.1, 0.15) is 5.82 Å². The van der Waals surface area contributed by atoms with Crippen molar-refractivity contribution in [2.75, 3.05) is 18.4 Å². The molecular formula is C16H19ClN4O3. The van der Waals surface area contributed by atoms with Crippen molar-refractivity contribution in [1.29, 1.82) is 0 Å². The van der Waals surface area contributed by atoms with Crippen molar-refractivity contribution in [3.63, 3.8) is 0 Å². The molecule has 3 rings (SSSR count). The molecule has 0 bridgehead atoms. The summed E-state index contributed by atoms with van der Waals surface area (Å²) in [6.07, 6.45) is 7.17. The number of aromatic nitrogens is 1. The number of pyridine rings is 1. The van der Waals surface area contributed by atoms with Crippen LogP contribution >= 0.6 is 11.6 Å². The molecule has 128 valence electrons. The first kappa shape index (κ1) is 16.7. The molecule has 1 saturated carbocycles. The second-order valence-electron chi connectivity index (χ2n) is 6.10. The number of amides is 2. The Morgan fingerprint density at radius 2 is 2.17 bits per heavy atom. The summed E-state index contributed by atoms with van der Waals surface area (Å²) in [5, 5.41) is 12.2. The monoisotopic (exact) mass is 350 g/mol. The molecule has 1 aliphatic carbocycles. The van der Waals surface area contributed by atoms with Gasteiger partial charge in [0, 0.05) is 37.3 Å². The number of hydrogen-bond acceptors (Lipinski definition) is 5. The van der Waals surface area contributed by atoms with Gasteiger partial charge in [-0.05, 0) is 37.0 Å². The lowest BCUT2D eigenvalue weighted by Crippen LogP contribution is -2.32. The Morgan fingerprint density at radius 1 is 1.38 bits per heavy atom. The van der Waals surface area contributed by atoms with E-state index in [1.807, 2.05) is 4.90 Å². The van der Waals surface area contributed by atoms with Gasteiger partial charge in [-0.2, -0.15) is 0 Å². The highest BCUT2D eigenvalue weighted by atomic mass is 35.5. The van der Waals surface area contributed by atoms with Gasteiger partial charge >= 0.3 is 0 Å². The van der Waals surface area contributed by atoms with Crippen LogP contribution < -0.4 is 10.8 Å². The second kappa shape index (κ2) is 7.19. The van der Waals surface area contributed by atoms with Crippen LogP contribution in [-0.4, -0.2) is 46.0 Å². The van der Waals surface area contributed by atoms with Gasteiger partial charge in [-0.3, -0.25) is 14.8 Å². The Labute approximate surface area is 144 Å². The summed E-state index contributed by atoms with van der Waals surface area (Å²) in [6, 6.07) is 1.82. The topological polar surface area (TPSA) is 94.6 Å². The summed E-state index contributed by atoms with van der Waals surface area (Å²) in [5.74, 6) is 0.444. The van der Waals surface area contributed by atoms with Crippen LogP contribution in [0.2, 0.25) is 5.02 Å². The predicted molar refractivity (Wildman–Crippen MR) is 89.5 cm³/mol. The zero-order valence-corrected chi connectivity index (χ0v) is 13.8. The number of rotatable bonds is 5. The summed E-state index contributed by atoms with van der Waals surface area (Å²) in [4.78, 5) is 29.2. The van der Waals surface area contributed by atoms with E-state index < -0.39 is 5.91 Å². The molecule has 2 aliphatic rings. The van der Waals surface area contributed by atoms with E-state index in [9.17, 15) is 9.59 Å². The number of hydrogen-bond donors (Lipinski definition) is 3. The number of hydroxylamine groups is 1. The fourth-order valence-corrected chi connectivity index (χ4v) is 2.95. The van der Waals surface area contributed by atoms with Crippen LogP contribution in [0.3, 0.4) is 0 Å². The van der Waals surface area contributed by atoms with Gasteiger partial charge in [0.2, 0.25) is 5.91 Å². The molecular weight excluding hydrogens is 332 g/mol. The third-order valence-electron chi connectivity index (χ3n) is 4.17. The van der Waals surface area contributed by atoms with Crippen LogP contribution in [-0.2, 0) is 9.59 Å². The first-order valence-electron chi connectivity index (χ1n) is 7.90. The average Bonchev–Trinajstić information content (AvgIpc) is 3.33. The Bertz CT molecular complexity index is 675. The number of likely N-dealkylation sites (tertiary alicyclic amines) is 1. The van der Waals surface area contributed by atoms with Crippen molar-refractivity contribution in [3.8, 4) is 0 Å². The summed E-state index contributed by atoms with van der Waals surface area (Å²) in [6.45, 7) is 1.44. The van der Waals surface area contributed by atoms with E-state index in [0.717, 1.165) is 25.8 Å². The molecule has 3 N–H and O–H groups in total. The lowest BCUT2D eigenvalue weighted by molar-refractivity contribution is -0.131. The number of carbonyl (C=O) groups is 2. The number of halogens is 1. The van der Waals surface area contributed by atoms with E-state index in [4.69, 9.17) is 16.8 Å². The summed E-state index contributed by atoms with van der Waals surface area (Å²) < 4.78 is 0. The number of nitrogens with one attached hydrogen (secondary N) is 2. The quantitative estimate of drug-likeness (QED) is 0.426. The van der Waals surface area contributed by atoms with E-state index in [1.54, 1.807) is 12.3 Å². The van der Waals surface area contributed by atoms with Crippen LogP contribution in [0.4, 0.5) is 5.82 Å². The minimum absolute atomic E-state index is 0.138. The van der Waals surface area contributed by atoms with Crippen molar-refractivity contribution in [1.82, 2.24) is 15.4 Å². The van der Waals surface area contributed by atoms with Crippen molar-refractivity contribution < 1.29 is 14.8 Å². The van der Waals surface area contributed by atoms with Crippen LogP contribution in [0, 0.1) is 5.92 Å². The van der Waals surface area contributed by atoms with Gasteiger partial charge in [0.05, 0.1) is 5.02 Å². The molecule has 0 unspecified atom stereocenters. The maximum atomic E-state index is 12.1. The maximum Gasteiger partial charge on any atom is 0.267 e. The average molecular weight is 351 g/mol. The summed E-state index contributed by atoms with van der Waals surface area (Å²) in [5.41, 5.74) is 2.16. The first-order valence-corrected chi connectivity index (χ1v) is 8.27. The van der Waals surface area contributed by atoms with E-state index in [0.29, 0.717) is 22.9 Å². The van der Waals surface area contributed by atoms with Crippen LogP contribution in [0.15, 0.2) is 18.3 Å². The van der Waals surface area contributed by atoms with Crippen molar-refractivity contribution in [2.24, 2.45) is 5.92 Å². The molecule has 2 fully saturated rings. The molecule has 0 radical (unpaired) electrons. The molecule has 1 saturated heterocycles. The molecule has 7 nitrogen and oxygen atoms in total.